The van der Waals surface area contributed by atoms with Crippen molar-refractivity contribution in [2.75, 3.05) is 7.05 Å². The van der Waals surface area contributed by atoms with E-state index in [1.165, 1.54) is 6.33 Å². The second kappa shape index (κ2) is 5.49. The van der Waals surface area contributed by atoms with Crippen LogP contribution in [0.5, 0.6) is 0 Å². The topological polar surface area (TPSA) is 61.9 Å². The molecule has 0 aliphatic rings. The molecule has 0 saturated heterocycles. The number of benzene rings is 1. The van der Waals surface area contributed by atoms with Gasteiger partial charge in [0.2, 0.25) is 0 Å². The lowest BCUT2D eigenvalue weighted by atomic mass is 10.2. The minimum atomic E-state index is -0.116. The lowest BCUT2D eigenvalue weighted by Gasteiger charge is -2.16. The Labute approximate surface area is 117 Å². The van der Waals surface area contributed by atoms with Crippen LogP contribution >= 0.6 is 27.5 Å². The van der Waals surface area contributed by atoms with Gasteiger partial charge in [-0.3, -0.25) is 9.89 Å². The number of rotatable bonds is 3. The lowest BCUT2D eigenvalue weighted by molar-refractivity contribution is 0.0781. The van der Waals surface area contributed by atoms with E-state index in [0.717, 1.165) is 0 Å². The molecule has 18 heavy (non-hydrogen) atoms. The van der Waals surface area contributed by atoms with Crippen molar-refractivity contribution in [2.45, 2.75) is 6.54 Å². The van der Waals surface area contributed by atoms with Crippen LogP contribution in [0.1, 0.15) is 16.2 Å². The van der Waals surface area contributed by atoms with Crippen LogP contribution < -0.4 is 0 Å². The first-order chi connectivity index (χ1) is 8.58. The maximum atomic E-state index is 12.2. The Kier molecular flexibility index (Phi) is 3.98. The van der Waals surface area contributed by atoms with Crippen molar-refractivity contribution in [1.82, 2.24) is 20.1 Å². The molecule has 0 radical (unpaired) electrons. The molecular weight excluding hydrogens is 320 g/mol. The molecule has 0 fully saturated rings. The maximum Gasteiger partial charge on any atom is 0.255 e. The third-order valence-corrected chi connectivity index (χ3v) is 3.25. The zero-order valence-electron chi connectivity index (χ0n) is 9.52. The molecule has 2 aromatic rings. The van der Waals surface area contributed by atoms with Gasteiger partial charge in [0.15, 0.2) is 0 Å². The number of aromatic nitrogens is 3. The van der Waals surface area contributed by atoms with E-state index in [-0.39, 0.29) is 5.91 Å². The van der Waals surface area contributed by atoms with Gasteiger partial charge < -0.3 is 4.90 Å². The first kappa shape index (κ1) is 13.0. The number of halogens is 2. The molecular formula is C11H10BrClN4O. The summed E-state index contributed by atoms with van der Waals surface area (Å²) in [4.78, 5) is 17.7. The number of nitrogens with zero attached hydrogens (tertiary/aromatic N) is 3. The van der Waals surface area contributed by atoms with Crippen molar-refractivity contribution in [3.63, 3.8) is 0 Å². The van der Waals surface area contributed by atoms with Gasteiger partial charge in [0.25, 0.3) is 5.91 Å². The van der Waals surface area contributed by atoms with Crippen molar-refractivity contribution < 1.29 is 4.79 Å². The zero-order valence-corrected chi connectivity index (χ0v) is 11.9. The van der Waals surface area contributed by atoms with Crippen LogP contribution in [0, 0.1) is 0 Å². The molecule has 2 rings (SSSR count). The smallest absolute Gasteiger partial charge is 0.255 e. The Hall–Kier alpha value is -1.40. The fourth-order valence-electron chi connectivity index (χ4n) is 1.47. The van der Waals surface area contributed by atoms with Crippen molar-refractivity contribution in [3.05, 3.63) is 45.4 Å². The summed E-state index contributed by atoms with van der Waals surface area (Å²) in [5.41, 5.74) is 0.557. The molecule has 0 bridgehead atoms. The second-order valence-corrected chi connectivity index (χ2v) is 5.01. The Balaban J connectivity index is 2.15. The number of carbonyl (C=O) groups is 1. The summed E-state index contributed by atoms with van der Waals surface area (Å²) in [5.74, 6) is 0.519. The van der Waals surface area contributed by atoms with E-state index < -0.39 is 0 Å². The normalized spacial score (nSPS) is 10.4. The van der Waals surface area contributed by atoms with Crippen molar-refractivity contribution in [2.24, 2.45) is 0 Å². The SMILES string of the molecule is CN(Cc1ncn[nH]1)C(=O)c1ccc(Cl)cc1Br. The van der Waals surface area contributed by atoms with Gasteiger partial charge in [-0.2, -0.15) is 5.10 Å². The van der Waals surface area contributed by atoms with E-state index in [4.69, 9.17) is 11.6 Å². The molecule has 0 atom stereocenters. The largest absolute Gasteiger partial charge is 0.334 e. The van der Waals surface area contributed by atoms with Gasteiger partial charge in [0.1, 0.15) is 12.2 Å². The predicted molar refractivity (Wildman–Crippen MR) is 71.3 cm³/mol. The van der Waals surface area contributed by atoms with Gasteiger partial charge in [-0.1, -0.05) is 11.6 Å². The quantitative estimate of drug-likeness (QED) is 0.941. The zero-order chi connectivity index (χ0) is 13.1. The van der Waals surface area contributed by atoms with Gasteiger partial charge in [-0.05, 0) is 34.1 Å². The number of hydrogen-bond donors (Lipinski definition) is 1. The number of hydrogen-bond acceptors (Lipinski definition) is 3. The van der Waals surface area contributed by atoms with E-state index in [1.54, 1.807) is 30.1 Å². The predicted octanol–water partition coefficient (Wildman–Crippen LogP) is 2.49. The summed E-state index contributed by atoms with van der Waals surface area (Å²) >= 11 is 9.16. The minimum absolute atomic E-state index is 0.116. The molecule has 0 unspecified atom stereocenters. The Bertz CT molecular complexity index is 558. The van der Waals surface area contributed by atoms with Gasteiger partial charge in [-0.15, -0.1) is 0 Å². The summed E-state index contributed by atoms with van der Waals surface area (Å²) < 4.78 is 0.671. The fourth-order valence-corrected chi connectivity index (χ4v) is 2.32. The minimum Gasteiger partial charge on any atom is -0.334 e. The van der Waals surface area contributed by atoms with Gasteiger partial charge in [0, 0.05) is 16.5 Å². The van der Waals surface area contributed by atoms with E-state index >= 15 is 0 Å². The first-order valence-corrected chi connectivity index (χ1v) is 6.30. The monoisotopic (exact) mass is 328 g/mol. The number of aromatic amines is 1. The molecule has 1 aromatic carbocycles. The highest BCUT2D eigenvalue weighted by Gasteiger charge is 2.16. The van der Waals surface area contributed by atoms with Crippen LogP contribution in [0.25, 0.3) is 0 Å². The molecule has 1 aromatic heterocycles. The van der Waals surface area contributed by atoms with Crippen LogP contribution in [0.4, 0.5) is 0 Å². The molecule has 0 saturated carbocycles. The summed E-state index contributed by atoms with van der Waals surface area (Å²) in [6.45, 7) is 0.369. The molecule has 1 N–H and O–H groups in total. The number of nitrogens with one attached hydrogen (secondary N) is 1. The Morgan fingerprint density at radius 3 is 2.94 bits per heavy atom. The number of H-pyrrole nitrogens is 1. The summed E-state index contributed by atoms with van der Waals surface area (Å²) in [7, 11) is 1.70. The molecule has 0 spiro atoms. The van der Waals surface area contributed by atoms with Crippen LogP contribution in [0.3, 0.4) is 0 Å². The first-order valence-electron chi connectivity index (χ1n) is 5.12. The molecule has 0 aliphatic heterocycles. The highest BCUT2D eigenvalue weighted by atomic mass is 79.9. The van der Waals surface area contributed by atoms with Crippen LogP contribution in [0.2, 0.25) is 5.02 Å². The highest BCUT2D eigenvalue weighted by molar-refractivity contribution is 9.10. The lowest BCUT2D eigenvalue weighted by Crippen LogP contribution is -2.27. The fraction of sp³-hybridized carbons (Fsp3) is 0.182. The Morgan fingerprint density at radius 1 is 1.56 bits per heavy atom. The summed E-state index contributed by atoms with van der Waals surface area (Å²) in [6, 6.07) is 5.06. The number of carbonyl (C=O) groups excluding carboxylic acids is 1. The maximum absolute atomic E-state index is 12.2. The third-order valence-electron chi connectivity index (χ3n) is 2.36. The van der Waals surface area contributed by atoms with E-state index in [1.807, 2.05) is 0 Å². The molecule has 94 valence electrons. The molecule has 5 nitrogen and oxygen atoms in total. The van der Waals surface area contributed by atoms with E-state index in [2.05, 4.69) is 31.1 Å². The number of amides is 1. The van der Waals surface area contributed by atoms with Crippen LogP contribution in [-0.4, -0.2) is 33.0 Å². The van der Waals surface area contributed by atoms with Crippen LogP contribution in [-0.2, 0) is 6.54 Å². The van der Waals surface area contributed by atoms with Crippen molar-refractivity contribution >= 4 is 33.4 Å². The van der Waals surface area contributed by atoms with E-state index in [9.17, 15) is 4.79 Å². The van der Waals surface area contributed by atoms with Crippen molar-refractivity contribution in [3.8, 4) is 0 Å². The average Bonchev–Trinajstić information content (AvgIpc) is 2.81. The molecule has 7 heteroatoms. The molecule has 1 heterocycles. The highest BCUT2D eigenvalue weighted by Crippen LogP contribution is 2.22. The summed E-state index contributed by atoms with van der Waals surface area (Å²) in [6.07, 6.45) is 1.41. The Morgan fingerprint density at radius 2 is 2.33 bits per heavy atom. The van der Waals surface area contributed by atoms with Gasteiger partial charge in [-0.25, -0.2) is 4.98 Å². The molecule has 0 aliphatic carbocycles. The summed E-state index contributed by atoms with van der Waals surface area (Å²) in [5, 5.41) is 7.03. The third kappa shape index (κ3) is 2.88. The van der Waals surface area contributed by atoms with Crippen molar-refractivity contribution in [1.29, 1.82) is 0 Å². The van der Waals surface area contributed by atoms with Gasteiger partial charge in [0.05, 0.1) is 12.1 Å². The standard InChI is InChI=1S/C11H10BrClN4O/c1-17(5-10-14-6-15-16-10)11(18)8-3-2-7(13)4-9(8)12/h2-4,6H,5H2,1H3,(H,14,15,16). The molecule has 1 amide bonds. The van der Waals surface area contributed by atoms with E-state index in [0.29, 0.717) is 27.4 Å². The second-order valence-electron chi connectivity index (χ2n) is 3.72. The average molecular weight is 330 g/mol. The van der Waals surface area contributed by atoms with Crippen LogP contribution in [0.15, 0.2) is 29.0 Å². The van der Waals surface area contributed by atoms with Gasteiger partial charge >= 0.3 is 0 Å².